The third kappa shape index (κ3) is 5.12. The van der Waals surface area contributed by atoms with Crippen LogP contribution in [0.1, 0.15) is 41.4 Å². The lowest BCUT2D eigenvalue weighted by molar-refractivity contribution is -0.141. The fraction of sp³-hybridized carbons (Fsp3) is 0.409. The second-order valence-electron chi connectivity index (χ2n) is 7.22. The van der Waals surface area contributed by atoms with Crippen LogP contribution < -0.4 is 9.64 Å². The Morgan fingerprint density at radius 3 is 2.62 bits per heavy atom. The summed E-state index contributed by atoms with van der Waals surface area (Å²) in [5, 5.41) is 3.17. The zero-order valence-electron chi connectivity index (χ0n) is 18.0. The summed E-state index contributed by atoms with van der Waals surface area (Å²) in [6.07, 6.45) is -1.26. The molecule has 2 aromatic heterocycles. The monoisotopic (exact) mass is 451 g/mol. The van der Waals surface area contributed by atoms with Gasteiger partial charge in [-0.3, -0.25) is 0 Å². The maximum atomic E-state index is 13.1. The van der Waals surface area contributed by atoms with E-state index in [0.717, 1.165) is 0 Å². The van der Waals surface area contributed by atoms with E-state index in [-0.39, 0.29) is 11.0 Å². The molecule has 3 aromatic rings. The molecule has 0 unspecified atom stereocenters. The van der Waals surface area contributed by atoms with E-state index in [0.29, 0.717) is 55.1 Å². The summed E-state index contributed by atoms with van der Waals surface area (Å²) in [7, 11) is 3.17. The van der Waals surface area contributed by atoms with Gasteiger partial charge in [0.15, 0.2) is 11.3 Å². The molecule has 0 aliphatic carbocycles. The Morgan fingerprint density at radius 2 is 2.00 bits per heavy atom. The fourth-order valence-corrected chi connectivity index (χ4v) is 3.32. The molecule has 0 saturated carbocycles. The van der Waals surface area contributed by atoms with Crippen LogP contribution in [0, 0.1) is 0 Å². The molecule has 0 spiro atoms. The first-order chi connectivity index (χ1) is 15.3. The molecule has 0 radical (unpaired) electrons. The van der Waals surface area contributed by atoms with E-state index in [9.17, 15) is 18.0 Å². The maximum Gasteiger partial charge on any atom is 0.437 e. The number of fused-ring (bicyclic) bond motifs is 1. The van der Waals surface area contributed by atoms with Crippen molar-refractivity contribution in [3.8, 4) is 5.75 Å². The van der Waals surface area contributed by atoms with Crippen LogP contribution in [0.5, 0.6) is 5.75 Å². The minimum absolute atomic E-state index is 0.0606. The SMILES string of the molecule is CCCc1c(OCCCN(C)c2ccc(C(=O)OC)cn2)ccc2c(C(F)(F)F)noc12. The van der Waals surface area contributed by atoms with E-state index in [2.05, 4.69) is 14.9 Å². The summed E-state index contributed by atoms with van der Waals surface area (Å²) < 4.78 is 54.9. The molecule has 0 fully saturated rings. The normalized spacial score (nSPS) is 11.6. The van der Waals surface area contributed by atoms with Crippen LogP contribution in [-0.2, 0) is 17.3 Å². The van der Waals surface area contributed by atoms with Crippen LogP contribution in [0.3, 0.4) is 0 Å². The average molecular weight is 451 g/mol. The van der Waals surface area contributed by atoms with Crippen molar-refractivity contribution in [3.05, 3.63) is 47.3 Å². The van der Waals surface area contributed by atoms with Gasteiger partial charge in [0.1, 0.15) is 11.6 Å². The topological polar surface area (TPSA) is 77.7 Å². The first-order valence-electron chi connectivity index (χ1n) is 10.1. The van der Waals surface area contributed by atoms with Crippen molar-refractivity contribution in [2.75, 3.05) is 32.2 Å². The van der Waals surface area contributed by atoms with Crippen molar-refractivity contribution in [3.63, 3.8) is 0 Å². The van der Waals surface area contributed by atoms with Crippen LogP contribution in [0.15, 0.2) is 35.0 Å². The summed E-state index contributed by atoms with van der Waals surface area (Å²) in [6, 6.07) is 6.24. The third-order valence-corrected chi connectivity index (χ3v) is 4.92. The molecule has 0 amide bonds. The Labute approximate surface area is 183 Å². The number of esters is 1. The molecule has 3 rings (SSSR count). The number of hydrogen-bond acceptors (Lipinski definition) is 7. The van der Waals surface area contributed by atoms with Crippen molar-refractivity contribution in [1.82, 2.24) is 10.1 Å². The van der Waals surface area contributed by atoms with Crippen LogP contribution in [-0.4, -0.2) is 43.4 Å². The minimum atomic E-state index is -4.58. The van der Waals surface area contributed by atoms with Crippen LogP contribution >= 0.6 is 0 Å². The Bertz CT molecular complexity index is 1060. The van der Waals surface area contributed by atoms with Gasteiger partial charge in [0, 0.05) is 25.4 Å². The highest BCUT2D eigenvalue weighted by Gasteiger charge is 2.37. The number of pyridine rings is 1. The average Bonchev–Trinajstić information content (AvgIpc) is 3.22. The highest BCUT2D eigenvalue weighted by atomic mass is 19.4. The number of aryl methyl sites for hydroxylation is 1. The molecule has 0 bridgehead atoms. The number of benzene rings is 1. The molecule has 7 nitrogen and oxygen atoms in total. The first-order valence-corrected chi connectivity index (χ1v) is 10.1. The fourth-order valence-electron chi connectivity index (χ4n) is 3.32. The molecule has 0 N–H and O–H groups in total. The smallest absolute Gasteiger partial charge is 0.437 e. The number of hydrogen-bond donors (Lipinski definition) is 0. The number of ether oxygens (including phenoxy) is 2. The Hall–Kier alpha value is -3.30. The van der Waals surface area contributed by atoms with E-state index in [1.807, 2.05) is 18.9 Å². The van der Waals surface area contributed by atoms with Crippen molar-refractivity contribution < 1.29 is 32.0 Å². The summed E-state index contributed by atoms with van der Waals surface area (Å²) in [4.78, 5) is 17.6. The molecule has 0 atom stereocenters. The van der Waals surface area contributed by atoms with E-state index in [4.69, 9.17) is 9.26 Å². The van der Waals surface area contributed by atoms with Gasteiger partial charge in [-0.1, -0.05) is 18.5 Å². The highest BCUT2D eigenvalue weighted by Crippen LogP contribution is 2.38. The largest absolute Gasteiger partial charge is 0.493 e. The number of methoxy groups -OCH3 is 1. The Balaban J connectivity index is 1.63. The lowest BCUT2D eigenvalue weighted by atomic mass is 10.0. The molecule has 1 aromatic carbocycles. The van der Waals surface area contributed by atoms with Gasteiger partial charge in [-0.05, 0) is 37.1 Å². The lowest BCUT2D eigenvalue weighted by Crippen LogP contribution is -2.21. The van der Waals surface area contributed by atoms with E-state index in [1.54, 1.807) is 12.1 Å². The molecule has 32 heavy (non-hydrogen) atoms. The summed E-state index contributed by atoms with van der Waals surface area (Å²) in [5.74, 6) is 0.730. The van der Waals surface area contributed by atoms with Gasteiger partial charge in [-0.15, -0.1) is 0 Å². The maximum absolute atomic E-state index is 13.1. The number of halogens is 3. The number of aromatic nitrogens is 2. The second kappa shape index (κ2) is 9.88. The number of nitrogens with zero attached hydrogens (tertiary/aromatic N) is 3. The van der Waals surface area contributed by atoms with Crippen molar-refractivity contribution in [1.29, 1.82) is 0 Å². The number of carbonyl (C=O) groups is 1. The quantitative estimate of drug-likeness (QED) is 0.339. The van der Waals surface area contributed by atoms with Crippen LogP contribution in [0.25, 0.3) is 11.0 Å². The number of alkyl halides is 3. The standard InChI is InChI=1S/C22H24F3N3O4/c1-4-6-15-17(9-8-16-19(15)32-27-20(16)22(23,24)25)31-12-5-11-28(2)18-10-7-14(13-26-18)21(29)30-3/h7-10,13H,4-6,11-12H2,1-3H3. The van der Waals surface area contributed by atoms with E-state index in [1.165, 1.54) is 25.4 Å². The lowest BCUT2D eigenvalue weighted by Gasteiger charge is -2.18. The summed E-state index contributed by atoms with van der Waals surface area (Å²) >= 11 is 0. The molecule has 10 heteroatoms. The van der Waals surface area contributed by atoms with E-state index >= 15 is 0 Å². The predicted octanol–water partition coefficient (Wildman–Crippen LogP) is 4.89. The molecular formula is C22H24F3N3O4. The van der Waals surface area contributed by atoms with Crippen molar-refractivity contribution in [2.24, 2.45) is 0 Å². The second-order valence-corrected chi connectivity index (χ2v) is 7.22. The summed E-state index contributed by atoms with van der Waals surface area (Å²) in [6.45, 7) is 2.90. The van der Waals surface area contributed by atoms with Gasteiger partial charge >= 0.3 is 12.1 Å². The van der Waals surface area contributed by atoms with Crippen molar-refractivity contribution in [2.45, 2.75) is 32.4 Å². The van der Waals surface area contributed by atoms with Gasteiger partial charge < -0.3 is 18.9 Å². The predicted molar refractivity (Wildman–Crippen MR) is 112 cm³/mol. The molecular weight excluding hydrogens is 427 g/mol. The van der Waals surface area contributed by atoms with Gasteiger partial charge in [0.2, 0.25) is 0 Å². The highest BCUT2D eigenvalue weighted by molar-refractivity contribution is 5.89. The number of rotatable bonds is 9. The van der Waals surface area contributed by atoms with Gasteiger partial charge in [0.25, 0.3) is 0 Å². The molecule has 2 heterocycles. The molecule has 0 saturated heterocycles. The summed E-state index contributed by atoms with van der Waals surface area (Å²) in [5.41, 5.74) is 0.0433. The molecule has 172 valence electrons. The van der Waals surface area contributed by atoms with Crippen molar-refractivity contribution >= 4 is 22.8 Å². The van der Waals surface area contributed by atoms with Gasteiger partial charge in [-0.2, -0.15) is 13.2 Å². The molecule has 0 aliphatic heterocycles. The number of carbonyl (C=O) groups excluding carboxylic acids is 1. The van der Waals surface area contributed by atoms with Gasteiger partial charge in [0.05, 0.1) is 24.7 Å². The minimum Gasteiger partial charge on any atom is -0.493 e. The number of anilines is 1. The molecule has 0 aliphatic rings. The first kappa shape index (κ1) is 23.4. The Kier molecular flexibility index (Phi) is 7.22. The van der Waals surface area contributed by atoms with Crippen LogP contribution in [0.4, 0.5) is 19.0 Å². The Morgan fingerprint density at radius 1 is 1.22 bits per heavy atom. The zero-order chi connectivity index (χ0) is 23.3. The van der Waals surface area contributed by atoms with Crippen LogP contribution in [0.2, 0.25) is 0 Å². The van der Waals surface area contributed by atoms with Gasteiger partial charge in [-0.25, -0.2) is 9.78 Å². The third-order valence-electron chi connectivity index (χ3n) is 4.92. The zero-order valence-corrected chi connectivity index (χ0v) is 18.0. The van der Waals surface area contributed by atoms with E-state index < -0.39 is 17.8 Å².